The zero-order chi connectivity index (χ0) is 37.8. The van der Waals surface area contributed by atoms with Crippen molar-refractivity contribution in [1.82, 2.24) is 9.88 Å². The number of rotatable bonds is 4. The van der Waals surface area contributed by atoms with Crippen LogP contribution < -0.4 is 5.32 Å². The van der Waals surface area contributed by atoms with E-state index in [4.69, 9.17) is 9.41 Å². The van der Waals surface area contributed by atoms with Crippen LogP contribution in [0.2, 0.25) is 0 Å². The van der Waals surface area contributed by atoms with Crippen LogP contribution in [0.1, 0.15) is 36.1 Å². The first-order valence-corrected chi connectivity index (χ1v) is 19.8. The Kier molecular flexibility index (Phi) is 6.71. The fourth-order valence-electron chi connectivity index (χ4n) is 9.75. The predicted octanol–water partition coefficient (Wildman–Crippen LogP) is 12.9. The number of nitrogens with zero attached hydrogens (tertiary/aromatic N) is 2. The molecular formula is C53H37N3O. The lowest BCUT2D eigenvalue weighted by atomic mass is 9.82. The van der Waals surface area contributed by atoms with Gasteiger partial charge in [-0.2, -0.15) is 0 Å². The minimum Gasteiger partial charge on any atom is -0.456 e. The highest BCUT2D eigenvalue weighted by atomic mass is 16.3. The second-order valence-electron chi connectivity index (χ2n) is 15.9. The summed E-state index contributed by atoms with van der Waals surface area (Å²) >= 11 is 0. The number of amidine groups is 1. The van der Waals surface area contributed by atoms with Crippen LogP contribution in [0.15, 0.2) is 191 Å². The molecule has 0 fully saturated rings. The van der Waals surface area contributed by atoms with E-state index in [-0.39, 0.29) is 11.5 Å². The highest BCUT2D eigenvalue weighted by Gasteiger charge is 2.37. The SMILES string of the molecule is CC1(C)c2ccccc2-c2c1ccc1c2c2ccccc2n1-c1ccc2c(c1)oc1cccc(C3=NC(c4ccc(-c5ccccc5)cc4)=C4C=CC=CC4N3)c12. The normalized spacial score (nSPS) is 16.6. The maximum Gasteiger partial charge on any atom is 0.137 e. The van der Waals surface area contributed by atoms with Gasteiger partial charge in [0.05, 0.1) is 22.8 Å². The third-order valence-corrected chi connectivity index (χ3v) is 12.5. The molecule has 0 spiro atoms. The van der Waals surface area contributed by atoms with Crippen LogP contribution in [0.25, 0.3) is 77.4 Å². The Morgan fingerprint density at radius 3 is 2.26 bits per heavy atom. The van der Waals surface area contributed by atoms with Gasteiger partial charge in [0.2, 0.25) is 0 Å². The lowest BCUT2D eigenvalue weighted by Gasteiger charge is -2.28. The molecule has 0 radical (unpaired) electrons. The van der Waals surface area contributed by atoms with Crippen LogP contribution in [0.4, 0.5) is 0 Å². The summed E-state index contributed by atoms with van der Waals surface area (Å²) in [6.45, 7) is 4.70. The number of allylic oxidation sites excluding steroid dienone is 2. The molecule has 1 aliphatic heterocycles. The molecule has 0 saturated carbocycles. The minimum atomic E-state index is -0.0687. The Hall–Kier alpha value is -7.17. The molecule has 57 heavy (non-hydrogen) atoms. The largest absolute Gasteiger partial charge is 0.456 e. The molecular weight excluding hydrogens is 695 g/mol. The van der Waals surface area contributed by atoms with Gasteiger partial charge in [0.25, 0.3) is 0 Å². The maximum absolute atomic E-state index is 6.73. The van der Waals surface area contributed by atoms with Crippen LogP contribution >= 0.6 is 0 Å². The average molecular weight is 732 g/mol. The smallest absolute Gasteiger partial charge is 0.137 e. The van der Waals surface area contributed by atoms with Gasteiger partial charge >= 0.3 is 0 Å². The Morgan fingerprint density at radius 2 is 1.37 bits per heavy atom. The summed E-state index contributed by atoms with van der Waals surface area (Å²) in [5.41, 5.74) is 17.2. The van der Waals surface area contributed by atoms with Gasteiger partial charge < -0.3 is 14.3 Å². The number of benzene rings is 7. The first kappa shape index (κ1) is 32.1. The van der Waals surface area contributed by atoms with Gasteiger partial charge in [-0.3, -0.25) is 0 Å². The Labute approximate surface area is 330 Å². The summed E-state index contributed by atoms with van der Waals surface area (Å²) in [4.78, 5) is 5.38. The van der Waals surface area contributed by atoms with Crippen molar-refractivity contribution < 1.29 is 4.42 Å². The standard InChI is InChI=1S/C53H37N3O/c1-53(2)41-19-9-6-15-36(41)49-42(53)29-30-45-50(49)38-17-8-11-21-44(38)56(45)35-27-28-39-47(31-35)57-46-22-12-18-40(48(39)46)52-54-43-20-10-7-16-37(43)51(55-52)34-25-23-33(24-26-34)32-13-4-3-5-14-32/h3-31,43H,1-2H3,(H,54,55). The van der Waals surface area contributed by atoms with Crippen LogP contribution in [-0.2, 0) is 5.41 Å². The van der Waals surface area contributed by atoms with E-state index >= 15 is 0 Å². The lowest BCUT2D eigenvalue weighted by Crippen LogP contribution is -2.39. The van der Waals surface area contributed by atoms with Crippen molar-refractivity contribution in [2.45, 2.75) is 25.3 Å². The number of aromatic nitrogens is 1. The first-order chi connectivity index (χ1) is 28.0. The molecule has 12 rings (SSSR count). The third-order valence-electron chi connectivity index (χ3n) is 12.5. The molecule has 2 aromatic heterocycles. The Balaban J connectivity index is 1.01. The molecule has 3 aliphatic rings. The summed E-state index contributed by atoms with van der Waals surface area (Å²) in [6.07, 6.45) is 8.59. The van der Waals surface area contributed by atoms with E-state index in [1.54, 1.807) is 0 Å². The molecule has 1 N–H and O–H groups in total. The zero-order valence-electron chi connectivity index (χ0n) is 31.6. The quantitative estimate of drug-likeness (QED) is 0.196. The van der Waals surface area contributed by atoms with E-state index in [1.165, 1.54) is 55.2 Å². The number of nitrogens with one attached hydrogen (secondary N) is 1. The lowest BCUT2D eigenvalue weighted by molar-refractivity contribution is 0.661. The minimum absolute atomic E-state index is 0.000570. The predicted molar refractivity (Wildman–Crippen MR) is 236 cm³/mol. The van der Waals surface area contributed by atoms with Crippen molar-refractivity contribution in [2.24, 2.45) is 4.99 Å². The summed E-state index contributed by atoms with van der Waals surface area (Å²) < 4.78 is 9.14. The Morgan fingerprint density at radius 1 is 0.596 bits per heavy atom. The number of hydrogen-bond acceptors (Lipinski definition) is 3. The van der Waals surface area contributed by atoms with Crippen molar-refractivity contribution in [3.05, 3.63) is 204 Å². The molecule has 4 heteroatoms. The molecule has 0 saturated heterocycles. The number of furan rings is 1. The molecule has 9 aromatic rings. The van der Waals surface area contributed by atoms with Gasteiger partial charge in [0.1, 0.15) is 17.0 Å². The van der Waals surface area contributed by atoms with Crippen LogP contribution in [0, 0.1) is 0 Å². The highest BCUT2D eigenvalue weighted by molar-refractivity contribution is 6.20. The van der Waals surface area contributed by atoms with E-state index in [1.807, 2.05) is 0 Å². The molecule has 4 nitrogen and oxygen atoms in total. The Bertz CT molecular complexity index is 3280. The van der Waals surface area contributed by atoms with E-state index in [2.05, 4.69) is 200 Å². The molecule has 270 valence electrons. The summed E-state index contributed by atoms with van der Waals surface area (Å²) in [6, 6.07) is 54.7. The van der Waals surface area contributed by atoms with Gasteiger partial charge in [0, 0.05) is 55.4 Å². The highest BCUT2D eigenvalue weighted by Crippen LogP contribution is 2.53. The fraction of sp³-hybridized carbons (Fsp3) is 0.0755. The molecule has 0 amide bonds. The second kappa shape index (κ2) is 11.9. The second-order valence-corrected chi connectivity index (χ2v) is 15.9. The molecule has 2 aliphatic carbocycles. The molecule has 1 atom stereocenters. The third kappa shape index (κ3) is 4.65. The van der Waals surface area contributed by atoms with Crippen molar-refractivity contribution in [1.29, 1.82) is 0 Å². The van der Waals surface area contributed by atoms with Crippen LogP contribution in [0.3, 0.4) is 0 Å². The van der Waals surface area contributed by atoms with Gasteiger partial charge in [-0.25, -0.2) is 4.99 Å². The fourth-order valence-corrected chi connectivity index (χ4v) is 9.75. The van der Waals surface area contributed by atoms with Crippen molar-refractivity contribution >= 4 is 55.3 Å². The van der Waals surface area contributed by atoms with Crippen LogP contribution in [-0.4, -0.2) is 16.4 Å². The van der Waals surface area contributed by atoms with Crippen LogP contribution in [0.5, 0.6) is 0 Å². The number of fused-ring (bicyclic) bond motifs is 11. The van der Waals surface area contributed by atoms with Crippen molar-refractivity contribution in [3.63, 3.8) is 0 Å². The summed E-state index contributed by atoms with van der Waals surface area (Å²) in [7, 11) is 0. The first-order valence-electron chi connectivity index (χ1n) is 19.8. The summed E-state index contributed by atoms with van der Waals surface area (Å²) in [5.74, 6) is 0.836. The summed E-state index contributed by atoms with van der Waals surface area (Å²) in [5, 5.41) is 8.46. The number of aliphatic imine (C=N–C) groups is 1. The molecule has 1 unspecified atom stereocenters. The van der Waals surface area contributed by atoms with Gasteiger partial charge in [-0.05, 0) is 63.7 Å². The van der Waals surface area contributed by atoms with Gasteiger partial charge in [-0.15, -0.1) is 0 Å². The van der Waals surface area contributed by atoms with E-state index in [9.17, 15) is 0 Å². The molecule has 3 heterocycles. The van der Waals surface area contributed by atoms with E-state index in [0.717, 1.165) is 55.9 Å². The maximum atomic E-state index is 6.73. The topological polar surface area (TPSA) is 42.5 Å². The number of para-hydroxylation sites is 1. The molecule has 0 bridgehead atoms. The molecule has 7 aromatic carbocycles. The monoisotopic (exact) mass is 731 g/mol. The zero-order valence-corrected chi connectivity index (χ0v) is 31.6. The van der Waals surface area contributed by atoms with E-state index < -0.39 is 0 Å². The van der Waals surface area contributed by atoms with Gasteiger partial charge in [0.15, 0.2) is 0 Å². The number of hydrogen-bond donors (Lipinski definition) is 1. The van der Waals surface area contributed by atoms with Crippen molar-refractivity contribution in [3.8, 4) is 27.9 Å². The average Bonchev–Trinajstić information content (AvgIpc) is 3.88. The van der Waals surface area contributed by atoms with Gasteiger partial charge in [-0.1, -0.05) is 153 Å². The van der Waals surface area contributed by atoms with E-state index in [0.29, 0.717) is 0 Å². The van der Waals surface area contributed by atoms with Crippen molar-refractivity contribution in [2.75, 3.05) is 0 Å².